The van der Waals surface area contributed by atoms with Gasteiger partial charge in [-0.1, -0.05) is 0 Å². The minimum Gasteiger partial charge on any atom is -0.543 e. The molecule has 0 amide bonds. The molecular weight excluding hydrogens is 423 g/mol. The standard InChI is InChI=1S/C15H11FIN3O2.Na/c1-20-12-4-5-18-7-9(12)13(14(20)15(21)22)19-11-3-2-8(17)6-10(11)16;/h2-7,19H,1H3,(H,21,22);/q;+1/p-1. The Morgan fingerprint density at radius 1 is 1.39 bits per heavy atom. The zero-order valence-electron chi connectivity index (χ0n) is 12.4. The van der Waals surface area contributed by atoms with E-state index in [0.29, 0.717) is 10.9 Å². The normalized spacial score (nSPS) is 10.4. The number of nitrogens with zero attached hydrogens (tertiary/aromatic N) is 2. The summed E-state index contributed by atoms with van der Waals surface area (Å²) < 4.78 is 16.3. The molecule has 3 rings (SSSR count). The monoisotopic (exact) mass is 433 g/mol. The molecule has 0 spiro atoms. The van der Waals surface area contributed by atoms with Gasteiger partial charge in [0.25, 0.3) is 0 Å². The maximum Gasteiger partial charge on any atom is 1.00 e. The first-order valence-corrected chi connectivity index (χ1v) is 7.42. The fraction of sp³-hybridized carbons (Fsp3) is 0.0667. The van der Waals surface area contributed by atoms with Gasteiger partial charge in [0.15, 0.2) is 0 Å². The van der Waals surface area contributed by atoms with Crippen LogP contribution in [0.25, 0.3) is 10.9 Å². The number of rotatable bonds is 3. The van der Waals surface area contributed by atoms with E-state index in [0.717, 1.165) is 3.57 Å². The van der Waals surface area contributed by atoms with Gasteiger partial charge in [-0.3, -0.25) is 4.98 Å². The molecule has 0 aliphatic rings. The second kappa shape index (κ2) is 7.16. The molecule has 0 saturated heterocycles. The number of aryl methyl sites for hydroxylation is 1. The molecule has 8 heteroatoms. The molecule has 0 aliphatic carbocycles. The van der Waals surface area contributed by atoms with Crippen LogP contribution in [-0.4, -0.2) is 15.5 Å². The number of halogens is 2. The van der Waals surface area contributed by atoms with Gasteiger partial charge in [-0.05, 0) is 46.9 Å². The third-order valence-electron chi connectivity index (χ3n) is 3.39. The van der Waals surface area contributed by atoms with Gasteiger partial charge >= 0.3 is 29.6 Å². The van der Waals surface area contributed by atoms with Crippen LogP contribution in [0.3, 0.4) is 0 Å². The zero-order chi connectivity index (χ0) is 15.9. The molecule has 0 fully saturated rings. The molecule has 5 nitrogen and oxygen atoms in total. The number of hydrogen-bond donors (Lipinski definition) is 1. The van der Waals surface area contributed by atoms with Crippen LogP contribution in [0.4, 0.5) is 15.8 Å². The number of aromatic nitrogens is 2. The average molecular weight is 433 g/mol. The largest absolute Gasteiger partial charge is 1.00 e. The van der Waals surface area contributed by atoms with Gasteiger partial charge in [0.2, 0.25) is 0 Å². The van der Waals surface area contributed by atoms with E-state index in [2.05, 4.69) is 10.3 Å². The van der Waals surface area contributed by atoms with Crippen molar-refractivity contribution in [3.05, 3.63) is 51.7 Å². The van der Waals surface area contributed by atoms with Crippen molar-refractivity contribution in [2.24, 2.45) is 7.05 Å². The van der Waals surface area contributed by atoms with Gasteiger partial charge < -0.3 is 19.8 Å². The van der Waals surface area contributed by atoms with E-state index in [9.17, 15) is 14.3 Å². The van der Waals surface area contributed by atoms with E-state index < -0.39 is 11.8 Å². The van der Waals surface area contributed by atoms with Crippen LogP contribution in [0, 0.1) is 9.39 Å². The molecule has 0 aliphatic heterocycles. The number of carboxylic acid groups (broad SMARTS) is 1. The molecule has 0 bridgehead atoms. The van der Waals surface area contributed by atoms with Crippen molar-refractivity contribution in [3.63, 3.8) is 0 Å². The number of nitrogens with one attached hydrogen (secondary N) is 1. The minimum atomic E-state index is -1.34. The van der Waals surface area contributed by atoms with Crippen LogP contribution in [0.5, 0.6) is 0 Å². The summed E-state index contributed by atoms with van der Waals surface area (Å²) in [4.78, 5) is 15.5. The number of carboxylic acids is 1. The molecule has 1 aromatic carbocycles. The summed E-state index contributed by atoms with van der Waals surface area (Å²) in [6.07, 6.45) is 3.10. The van der Waals surface area contributed by atoms with Crippen molar-refractivity contribution in [3.8, 4) is 0 Å². The van der Waals surface area contributed by atoms with Crippen molar-refractivity contribution in [1.82, 2.24) is 9.55 Å². The van der Waals surface area contributed by atoms with Gasteiger partial charge in [0.05, 0.1) is 28.6 Å². The molecule has 0 saturated carbocycles. The van der Waals surface area contributed by atoms with Crippen LogP contribution in [0.2, 0.25) is 0 Å². The van der Waals surface area contributed by atoms with Crippen molar-refractivity contribution in [1.29, 1.82) is 0 Å². The first-order valence-electron chi connectivity index (χ1n) is 6.35. The SMILES string of the molecule is Cn1c(C(=O)[O-])c(Nc2ccc(I)cc2F)c2cnccc21.[Na+]. The summed E-state index contributed by atoms with van der Waals surface area (Å²) >= 11 is 2.00. The number of carbonyl (C=O) groups excluding carboxylic acids is 1. The van der Waals surface area contributed by atoms with Gasteiger partial charge in [-0.25, -0.2) is 4.39 Å². The minimum absolute atomic E-state index is 0. The Kier molecular flexibility index (Phi) is 5.66. The fourth-order valence-corrected chi connectivity index (χ4v) is 2.83. The number of anilines is 2. The summed E-state index contributed by atoms with van der Waals surface area (Å²) in [5.74, 6) is -1.80. The molecule has 0 radical (unpaired) electrons. The molecule has 23 heavy (non-hydrogen) atoms. The molecule has 0 unspecified atom stereocenters. The Morgan fingerprint density at radius 3 is 2.78 bits per heavy atom. The fourth-order valence-electron chi connectivity index (χ4n) is 2.38. The Morgan fingerprint density at radius 2 is 2.13 bits per heavy atom. The number of aromatic carboxylic acids is 1. The van der Waals surface area contributed by atoms with Crippen LogP contribution in [0.1, 0.15) is 10.5 Å². The summed E-state index contributed by atoms with van der Waals surface area (Å²) in [6, 6.07) is 6.35. The van der Waals surface area contributed by atoms with Gasteiger partial charge in [0.1, 0.15) is 5.82 Å². The van der Waals surface area contributed by atoms with Gasteiger partial charge in [0, 0.05) is 28.4 Å². The van der Waals surface area contributed by atoms with E-state index >= 15 is 0 Å². The zero-order valence-corrected chi connectivity index (χ0v) is 16.6. The Labute approximate surface area is 167 Å². The first-order chi connectivity index (χ1) is 10.5. The van der Waals surface area contributed by atoms with E-state index in [1.54, 1.807) is 31.4 Å². The topological polar surface area (TPSA) is 70.0 Å². The molecule has 2 heterocycles. The molecule has 112 valence electrons. The van der Waals surface area contributed by atoms with Crippen molar-refractivity contribution in [2.45, 2.75) is 0 Å². The summed E-state index contributed by atoms with van der Waals surface area (Å²) in [5, 5.41) is 14.9. The van der Waals surface area contributed by atoms with E-state index in [-0.39, 0.29) is 46.6 Å². The number of carbonyl (C=O) groups is 1. The first kappa shape index (κ1) is 18.2. The maximum absolute atomic E-state index is 14.0. The summed E-state index contributed by atoms with van der Waals surface area (Å²) in [7, 11) is 1.61. The molecular formula is C15H10FIN3NaO2. The summed E-state index contributed by atoms with van der Waals surface area (Å²) in [5.41, 5.74) is 1.08. The average Bonchev–Trinajstić information content (AvgIpc) is 2.75. The molecule has 3 aromatic rings. The number of fused-ring (bicyclic) bond motifs is 1. The third kappa shape index (κ3) is 3.37. The van der Waals surface area contributed by atoms with Crippen LogP contribution in [-0.2, 0) is 7.05 Å². The second-order valence-electron chi connectivity index (χ2n) is 4.71. The van der Waals surface area contributed by atoms with E-state index in [1.807, 2.05) is 22.6 Å². The van der Waals surface area contributed by atoms with Gasteiger partial charge in [-0.2, -0.15) is 0 Å². The quantitative estimate of drug-likeness (QED) is 0.444. The molecule has 0 atom stereocenters. The molecule has 2 aromatic heterocycles. The Balaban J connectivity index is 0.00000192. The van der Waals surface area contributed by atoms with E-state index in [1.165, 1.54) is 16.8 Å². The molecule has 1 N–H and O–H groups in total. The maximum atomic E-state index is 14.0. The van der Waals surface area contributed by atoms with Crippen LogP contribution >= 0.6 is 22.6 Å². The second-order valence-corrected chi connectivity index (χ2v) is 5.96. The number of pyridine rings is 1. The van der Waals surface area contributed by atoms with E-state index in [4.69, 9.17) is 0 Å². The number of benzene rings is 1. The summed E-state index contributed by atoms with van der Waals surface area (Å²) in [6.45, 7) is 0. The van der Waals surface area contributed by atoms with Crippen LogP contribution in [0.15, 0.2) is 36.7 Å². The predicted octanol–water partition coefficient (Wildman–Crippen LogP) is -0.572. The smallest absolute Gasteiger partial charge is 0.543 e. The predicted molar refractivity (Wildman–Crippen MR) is 87.4 cm³/mol. The van der Waals surface area contributed by atoms with Crippen LogP contribution < -0.4 is 40.0 Å². The van der Waals surface area contributed by atoms with Crippen molar-refractivity contribution in [2.75, 3.05) is 5.32 Å². The van der Waals surface area contributed by atoms with Gasteiger partial charge in [-0.15, -0.1) is 0 Å². The number of hydrogen-bond acceptors (Lipinski definition) is 4. The third-order valence-corrected chi connectivity index (χ3v) is 4.06. The Hall–Kier alpha value is -1.16. The Bertz CT molecular complexity index is 898. The van der Waals surface area contributed by atoms with Crippen molar-refractivity contribution < 1.29 is 43.8 Å². The van der Waals surface area contributed by atoms with Crippen molar-refractivity contribution >= 4 is 50.8 Å².